The highest BCUT2D eigenvalue weighted by Crippen LogP contribution is 2.18. The van der Waals surface area contributed by atoms with Gasteiger partial charge in [0.25, 0.3) is 5.91 Å². The van der Waals surface area contributed by atoms with E-state index < -0.39 is 5.82 Å². The largest absolute Gasteiger partial charge is 0.337 e. The molecule has 0 spiro atoms. The van der Waals surface area contributed by atoms with Crippen LogP contribution in [0, 0.1) is 11.7 Å². The summed E-state index contributed by atoms with van der Waals surface area (Å²) in [6.07, 6.45) is 2.25. The van der Waals surface area contributed by atoms with Crippen LogP contribution < -0.4 is 5.32 Å². The molecule has 1 atom stereocenters. The second-order valence-corrected chi connectivity index (χ2v) is 6.88. The first-order valence-electron chi connectivity index (χ1n) is 7.45. The zero-order valence-electron chi connectivity index (χ0n) is 12.5. The summed E-state index contributed by atoms with van der Waals surface area (Å²) in [7, 11) is 0. The number of rotatable bonds is 5. The predicted molar refractivity (Wildman–Crippen MR) is 85.9 cm³/mol. The second kappa shape index (κ2) is 7.36. The third-order valence-corrected chi connectivity index (χ3v) is 4.29. The van der Waals surface area contributed by atoms with Crippen molar-refractivity contribution in [3.05, 3.63) is 34.1 Å². The average molecular weight is 357 g/mol. The summed E-state index contributed by atoms with van der Waals surface area (Å²) in [6, 6.07) is 4.92. The minimum absolute atomic E-state index is 0.0937. The van der Waals surface area contributed by atoms with E-state index in [1.54, 1.807) is 12.1 Å². The van der Waals surface area contributed by atoms with Crippen molar-refractivity contribution in [1.82, 2.24) is 10.2 Å². The Labute approximate surface area is 134 Å². The number of carbonyl (C=O) groups excluding carboxylic acids is 1. The smallest absolute Gasteiger partial charge is 0.254 e. The SMILES string of the molecule is CC(C)CN(CC1CCCN1)C(=O)c1ccc(Br)c(F)c1. The van der Waals surface area contributed by atoms with Crippen molar-refractivity contribution in [3.63, 3.8) is 0 Å². The lowest BCUT2D eigenvalue weighted by molar-refractivity contribution is 0.0721. The van der Waals surface area contributed by atoms with Crippen LogP contribution in [0.25, 0.3) is 0 Å². The topological polar surface area (TPSA) is 32.3 Å². The summed E-state index contributed by atoms with van der Waals surface area (Å²) in [4.78, 5) is 14.5. The highest BCUT2D eigenvalue weighted by molar-refractivity contribution is 9.10. The summed E-state index contributed by atoms with van der Waals surface area (Å²) in [5.74, 6) is -0.108. The van der Waals surface area contributed by atoms with E-state index in [2.05, 4.69) is 35.1 Å². The van der Waals surface area contributed by atoms with Gasteiger partial charge in [-0.25, -0.2) is 4.39 Å². The van der Waals surface area contributed by atoms with Crippen LogP contribution in [-0.4, -0.2) is 36.5 Å². The zero-order valence-corrected chi connectivity index (χ0v) is 14.1. The van der Waals surface area contributed by atoms with Crippen molar-refractivity contribution in [1.29, 1.82) is 0 Å². The highest BCUT2D eigenvalue weighted by Gasteiger charge is 2.23. The van der Waals surface area contributed by atoms with Crippen LogP contribution in [0.1, 0.15) is 37.0 Å². The lowest BCUT2D eigenvalue weighted by Gasteiger charge is -2.27. The minimum atomic E-state index is -0.399. The van der Waals surface area contributed by atoms with Crippen molar-refractivity contribution in [2.75, 3.05) is 19.6 Å². The molecule has 0 bridgehead atoms. The van der Waals surface area contributed by atoms with Gasteiger partial charge < -0.3 is 10.2 Å². The molecule has 1 heterocycles. The summed E-state index contributed by atoms with van der Waals surface area (Å²) in [6.45, 7) is 6.57. The van der Waals surface area contributed by atoms with Gasteiger partial charge in [0.1, 0.15) is 5.82 Å². The molecule has 1 aliphatic heterocycles. The third kappa shape index (κ3) is 4.51. The monoisotopic (exact) mass is 356 g/mol. The third-order valence-electron chi connectivity index (χ3n) is 3.64. The van der Waals surface area contributed by atoms with E-state index in [1.165, 1.54) is 6.07 Å². The number of hydrogen-bond acceptors (Lipinski definition) is 2. The number of carbonyl (C=O) groups is 1. The molecule has 0 aromatic heterocycles. The van der Waals surface area contributed by atoms with E-state index in [9.17, 15) is 9.18 Å². The van der Waals surface area contributed by atoms with Crippen LogP contribution in [0.2, 0.25) is 0 Å². The number of nitrogens with zero attached hydrogens (tertiary/aromatic N) is 1. The number of nitrogens with one attached hydrogen (secondary N) is 1. The molecule has 2 rings (SSSR count). The van der Waals surface area contributed by atoms with Gasteiger partial charge in [-0.3, -0.25) is 4.79 Å². The van der Waals surface area contributed by atoms with Gasteiger partial charge in [-0.1, -0.05) is 13.8 Å². The molecule has 21 heavy (non-hydrogen) atoms. The average Bonchev–Trinajstić information content (AvgIpc) is 2.93. The van der Waals surface area contributed by atoms with Crippen molar-refractivity contribution in [2.24, 2.45) is 5.92 Å². The molecule has 1 aromatic carbocycles. The minimum Gasteiger partial charge on any atom is -0.337 e. The van der Waals surface area contributed by atoms with Crippen LogP contribution in [0.5, 0.6) is 0 Å². The van der Waals surface area contributed by atoms with Crippen molar-refractivity contribution >= 4 is 21.8 Å². The highest BCUT2D eigenvalue weighted by atomic mass is 79.9. The first-order chi connectivity index (χ1) is 9.97. The Hall–Kier alpha value is -0.940. The van der Waals surface area contributed by atoms with Crippen molar-refractivity contribution in [3.8, 4) is 0 Å². The summed E-state index contributed by atoms with van der Waals surface area (Å²) in [5, 5.41) is 3.41. The summed E-state index contributed by atoms with van der Waals surface area (Å²) < 4.78 is 14.0. The van der Waals surface area contributed by atoms with E-state index >= 15 is 0 Å². The van der Waals surface area contributed by atoms with Crippen molar-refractivity contribution < 1.29 is 9.18 Å². The van der Waals surface area contributed by atoms with Crippen LogP contribution in [-0.2, 0) is 0 Å². The molecule has 1 fully saturated rings. The molecule has 5 heteroatoms. The van der Waals surface area contributed by atoms with Gasteiger partial charge in [0.15, 0.2) is 0 Å². The van der Waals surface area contributed by atoms with Gasteiger partial charge in [0.05, 0.1) is 4.47 Å². The van der Waals surface area contributed by atoms with E-state index in [4.69, 9.17) is 0 Å². The molecule has 0 aliphatic carbocycles. The fourth-order valence-corrected chi connectivity index (χ4v) is 2.92. The number of halogens is 2. The molecular formula is C16H22BrFN2O. The number of benzene rings is 1. The molecule has 1 N–H and O–H groups in total. The van der Waals surface area contributed by atoms with E-state index in [1.807, 2.05) is 4.90 Å². The Morgan fingerprint density at radius 2 is 2.29 bits per heavy atom. The molecule has 1 saturated heterocycles. The van der Waals surface area contributed by atoms with Crippen molar-refractivity contribution in [2.45, 2.75) is 32.7 Å². The molecule has 1 amide bonds. The Balaban J connectivity index is 2.13. The van der Waals surface area contributed by atoms with Gasteiger partial charge in [-0.15, -0.1) is 0 Å². The van der Waals surface area contributed by atoms with Gasteiger partial charge in [-0.2, -0.15) is 0 Å². The van der Waals surface area contributed by atoms with Gasteiger partial charge >= 0.3 is 0 Å². The quantitative estimate of drug-likeness (QED) is 0.876. The Kier molecular flexibility index (Phi) is 5.76. The Morgan fingerprint density at radius 3 is 2.86 bits per heavy atom. The lowest BCUT2D eigenvalue weighted by Crippen LogP contribution is -2.42. The Bertz CT molecular complexity index is 501. The summed E-state index contributed by atoms with van der Waals surface area (Å²) >= 11 is 3.12. The van der Waals surface area contributed by atoms with Crippen LogP contribution in [0.4, 0.5) is 4.39 Å². The number of amides is 1. The van der Waals surface area contributed by atoms with Gasteiger partial charge in [0.2, 0.25) is 0 Å². The maximum atomic E-state index is 13.6. The molecule has 116 valence electrons. The Morgan fingerprint density at radius 1 is 1.52 bits per heavy atom. The van der Waals surface area contributed by atoms with Crippen LogP contribution in [0.15, 0.2) is 22.7 Å². The van der Waals surface area contributed by atoms with E-state index in [0.717, 1.165) is 19.4 Å². The lowest BCUT2D eigenvalue weighted by atomic mass is 10.1. The fraction of sp³-hybridized carbons (Fsp3) is 0.562. The maximum absolute atomic E-state index is 13.6. The summed E-state index contributed by atoms with van der Waals surface area (Å²) in [5.41, 5.74) is 0.411. The predicted octanol–water partition coefficient (Wildman–Crippen LogP) is 3.44. The molecule has 1 aromatic rings. The maximum Gasteiger partial charge on any atom is 0.254 e. The first kappa shape index (κ1) is 16.4. The molecule has 1 aliphatic rings. The van der Waals surface area contributed by atoms with Gasteiger partial charge in [0, 0.05) is 24.7 Å². The molecule has 0 saturated carbocycles. The molecule has 3 nitrogen and oxygen atoms in total. The molecule has 0 radical (unpaired) electrons. The van der Waals surface area contributed by atoms with E-state index in [0.29, 0.717) is 35.1 Å². The standard InChI is InChI=1S/C16H22BrFN2O/c1-11(2)9-20(10-13-4-3-7-19-13)16(21)12-5-6-14(17)15(18)8-12/h5-6,8,11,13,19H,3-4,7,9-10H2,1-2H3. The first-order valence-corrected chi connectivity index (χ1v) is 8.24. The zero-order chi connectivity index (χ0) is 15.4. The van der Waals surface area contributed by atoms with Crippen LogP contribution >= 0.6 is 15.9 Å². The normalized spacial score (nSPS) is 18.2. The number of hydrogen-bond donors (Lipinski definition) is 1. The second-order valence-electron chi connectivity index (χ2n) is 6.03. The fourth-order valence-electron chi connectivity index (χ4n) is 2.67. The van der Waals surface area contributed by atoms with Crippen LogP contribution in [0.3, 0.4) is 0 Å². The molecular weight excluding hydrogens is 335 g/mol. The van der Waals surface area contributed by atoms with E-state index in [-0.39, 0.29) is 5.91 Å². The molecule has 1 unspecified atom stereocenters. The van der Waals surface area contributed by atoms with Gasteiger partial charge in [-0.05, 0) is 59.4 Å².